The Hall–Kier alpha value is 0.405. The molecule has 0 aromatic carbocycles. The van der Waals surface area contributed by atoms with Crippen molar-refractivity contribution < 1.29 is 45.5 Å². The molecule has 1 N–H and O–H groups in total. The molecule has 0 aromatic heterocycles. The predicted molar refractivity (Wildman–Crippen MR) is 87.1 cm³/mol. The van der Waals surface area contributed by atoms with Crippen LogP contribution in [0, 0.1) is 35.6 Å². The van der Waals surface area contributed by atoms with E-state index >= 15 is 0 Å². The summed E-state index contributed by atoms with van der Waals surface area (Å²) in [4.78, 5) is 10.3. The monoisotopic (exact) mass is 421 g/mol. The van der Waals surface area contributed by atoms with Crippen LogP contribution in [-0.2, 0) is 4.79 Å². The van der Waals surface area contributed by atoms with Crippen molar-refractivity contribution >= 4 is 5.97 Å². The smallest absolute Gasteiger partial charge is 0.303 e. The maximum atomic E-state index is 10.3. The van der Waals surface area contributed by atoms with Gasteiger partial charge in [0.25, 0.3) is 0 Å². The van der Waals surface area contributed by atoms with E-state index in [0.29, 0.717) is 6.42 Å². The van der Waals surface area contributed by atoms with Gasteiger partial charge in [-0.3, -0.25) is 4.79 Å². The number of hydrogen-bond acceptors (Lipinski definition) is 1. The third-order valence-corrected chi connectivity index (χ3v) is 3.65. The Labute approximate surface area is 159 Å². The number of allylic oxidation sites excluding steroid dienone is 2. The number of carbonyl (C=O) groups is 1. The van der Waals surface area contributed by atoms with Gasteiger partial charge in [0.2, 0.25) is 0 Å². The fraction of sp³-hybridized carbons (Fsp3) is 0.833. The van der Waals surface area contributed by atoms with E-state index < -0.39 is 5.97 Å². The molecule has 0 bridgehead atoms. The third kappa shape index (κ3) is 22.8. The van der Waals surface area contributed by atoms with Crippen molar-refractivity contribution in [2.24, 2.45) is 0 Å². The van der Waals surface area contributed by atoms with Crippen LogP contribution in [-0.4, -0.2) is 11.1 Å². The van der Waals surface area contributed by atoms with Gasteiger partial charge >= 0.3 is 5.97 Å². The first-order valence-corrected chi connectivity index (χ1v) is 8.64. The summed E-state index contributed by atoms with van der Waals surface area (Å²) in [5.41, 5.74) is 0. The molecule has 0 spiro atoms. The second-order valence-electron chi connectivity index (χ2n) is 5.73. The van der Waals surface area contributed by atoms with Crippen molar-refractivity contribution in [3.63, 3.8) is 0 Å². The summed E-state index contributed by atoms with van der Waals surface area (Å²) in [7, 11) is 0. The molecule has 0 aromatic rings. The zero-order valence-electron chi connectivity index (χ0n) is 14.0. The van der Waals surface area contributed by atoms with Crippen LogP contribution in [0.4, 0.5) is 0 Å². The van der Waals surface area contributed by atoms with Crippen molar-refractivity contribution in [2.45, 2.75) is 96.8 Å². The summed E-state index contributed by atoms with van der Waals surface area (Å²) in [6, 6.07) is 0. The zero-order valence-corrected chi connectivity index (χ0v) is 17.6. The molecule has 2 nitrogen and oxygen atoms in total. The second kappa shape index (κ2) is 20.4. The first kappa shape index (κ1) is 23.7. The van der Waals surface area contributed by atoms with Crippen molar-refractivity contribution in [1.82, 2.24) is 0 Å². The minimum Gasteiger partial charge on any atom is -0.481 e. The van der Waals surface area contributed by atoms with E-state index in [-0.39, 0.29) is 35.6 Å². The number of carboxylic acids is 1. The molecule has 0 aliphatic heterocycles. The van der Waals surface area contributed by atoms with Gasteiger partial charge in [-0.1, -0.05) is 70.4 Å². The fourth-order valence-electron chi connectivity index (χ4n) is 2.35. The van der Waals surface area contributed by atoms with E-state index in [1.54, 1.807) is 0 Å². The van der Waals surface area contributed by atoms with Crippen molar-refractivity contribution in [2.75, 3.05) is 0 Å². The maximum Gasteiger partial charge on any atom is 0.303 e. The molecule has 0 heterocycles. The van der Waals surface area contributed by atoms with Crippen LogP contribution in [0.15, 0.2) is 12.2 Å². The average Bonchev–Trinajstić information content (AvgIpc) is 2.43. The van der Waals surface area contributed by atoms with Crippen molar-refractivity contribution in [3.05, 3.63) is 12.2 Å². The van der Waals surface area contributed by atoms with E-state index in [0.717, 1.165) is 12.8 Å². The number of hydrogen-bond donors (Lipinski definition) is 1. The minimum atomic E-state index is -0.664. The van der Waals surface area contributed by atoms with Gasteiger partial charge in [-0.05, 0) is 32.1 Å². The van der Waals surface area contributed by atoms with Gasteiger partial charge in [0, 0.05) is 42.0 Å². The Bertz CT molecular complexity index is 239. The minimum absolute atomic E-state index is 0. The molecule has 0 aliphatic carbocycles. The first-order valence-electron chi connectivity index (χ1n) is 8.64. The molecular formula is C18H34LaO2. The summed E-state index contributed by atoms with van der Waals surface area (Å²) in [5, 5.41) is 8.51. The van der Waals surface area contributed by atoms with E-state index in [4.69, 9.17) is 5.11 Å². The average molecular weight is 421 g/mol. The Kier molecular flexibility index (Phi) is 23.0. The van der Waals surface area contributed by atoms with Crippen LogP contribution in [0.3, 0.4) is 0 Å². The summed E-state index contributed by atoms with van der Waals surface area (Å²) >= 11 is 0. The molecule has 121 valence electrons. The Balaban J connectivity index is 0. The molecular weight excluding hydrogens is 387 g/mol. The van der Waals surface area contributed by atoms with E-state index in [2.05, 4.69) is 19.1 Å². The van der Waals surface area contributed by atoms with Gasteiger partial charge in [-0.25, -0.2) is 0 Å². The Morgan fingerprint density at radius 2 is 1.19 bits per heavy atom. The van der Waals surface area contributed by atoms with Gasteiger partial charge in [-0.15, -0.1) is 0 Å². The molecule has 0 unspecified atom stereocenters. The predicted octanol–water partition coefficient (Wildman–Crippen LogP) is 6.11. The first-order chi connectivity index (χ1) is 9.77. The molecule has 0 rings (SSSR count). The molecule has 0 aliphatic rings. The normalized spacial score (nSPS) is 10.7. The summed E-state index contributed by atoms with van der Waals surface area (Å²) in [6.45, 7) is 2.26. The molecule has 0 saturated heterocycles. The van der Waals surface area contributed by atoms with E-state index in [1.165, 1.54) is 70.6 Å². The van der Waals surface area contributed by atoms with Crippen LogP contribution in [0.5, 0.6) is 0 Å². The number of rotatable bonds is 15. The standard InChI is InChI=1S/C18H34O2.La/c1-2-3-4-5-6-7-8-9-10-11-12-13-14-15-16-17-18(19)20;/h9-10H,2-8,11-17H2,1H3,(H,19,20);/b10-9-;. The van der Waals surface area contributed by atoms with Crippen LogP contribution in [0.25, 0.3) is 0 Å². The summed E-state index contributed by atoms with van der Waals surface area (Å²) in [5.74, 6) is -0.664. The van der Waals surface area contributed by atoms with Gasteiger partial charge in [0.15, 0.2) is 0 Å². The molecule has 0 amide bonds. The Morgan fingerprint density at radius 1 is 0.762 bits per heavy atom. The molecule has 3 heteroatoms. The fourth-order valence-corrected chi connectivity index (χ4v) is 2.35. The molecule has 0 fully saturated rings. The van der Waals surface area contributed by atoms with Crippen LogP contribution in [0.2, 0.25) is 0 Å². The van der Waals surface area contributed by atoms with Gasteiger partial charge in [0.05, 0.1) is 0 Å². The quantitative estimate of drug-likeness (QED) is 0.256. The molecule has 21 heavy (non-hydrogen) atoms. The van der Waals surface area contributed by atoms with E-state index in [1.807, 2.05) is 0 Å². The van der Waals surface area contributed by atoms with Gasteiger partial charge in [0.1, 0.15) is 0 Å². The van der Waals surface area contributed by atoms with Gasteiger partial charge < -0.3 is 5.11 Å². The number of unbranched alkanes of at least 4 members (excludes halogenated alkanes) is 11. The SMILES string of the molecule is CCCCCCCC/C=C\CCCCCCCC(=O)O.[La]. The second-order valence-corrected chi connectivity index (χ2v) is 5.73. The largest absolute Gasteiger partial charge is 0.481 e. The molecule has 1 radical (unpaired) electrons. The maximum absolute atomic E-state index is 10.3. The third-order valence-electron chi connectivity index (χ3n) is 3.65. The molecule has 0 atom stereocenters. The van der Waals surface area contributed by atoms with E-state index in [9.17, 15) is 4.79 Å². The summed E-state index contributed by atoms with van der Waals surface area (Å²) in [6.07, 6.45) is 21.2. The van der Waals surface area contributed by atoms with Crippen LogP contribution in [0.1, 0.15) is 96.8 Å². The number of aliphatic carboxylic acids is 1. The van der Waals surface area contributed by atoms with Crippen LogP contribution < -0.4 is 0 Å². The Morgan fingerprint density at radius 3 is 1.67 bits per heavy atom. The topological polar surface area (TPSA) is 37.3 Å². The zero-order chi connectivity index (χ0) is 14.9. The van der Waals surface area contributed by atoms with Crippen molar-refractivity contribution in [1.29, 1.82) is 0 Å². The van der Waals surface area contributed by atoms with Crippen molar-refractivity contribution in [3.8, 4) is 0 Å². The number of carboxylic acid groups (broad SMARTS) is 1. The summed E-state index contributed by atoms with van der Waals surface area (Å²) < 4.78 is 0. The van der Waals surface area contributed by atoms with Crippen LogP contribution >= 0.6 is 0 Å². The molecule has 0 saturated carbocycles. The van der Waals surface area contributed by atoms with Gasteiger partial charge in [-0.2, -0.15) is 0 Å².